The predicted octanol–water partition coefficient (Wildman–Crippen LogP) is -0.958. The van der Waals surface area contributed by atoms with Gasteiger partial charge < -0.3 is 10.1 Å². The number of sulfonamides is 1. The molecule has 1 saturated heterocycles. The highest BCUT2D eigenvalue weighted by atomic mass is 32.2. The first-order valence-corrected chi connectivity index (χ1v) is 6.06. The minimum atomic E-state index is -3.34. The Balaban J connectivity index is 2.19. The van der Waals surface area contributed by atoms with Crippen molar-refractivity contribution in [1.82, 2.24) is 5.32 Å². The van der Waals surface area contributed by atoms with E-state index in [1.807, 2.05) is 6.92 Å². The second-order valence-corrected chi connectivity index (χ2v) is 5.03. The molecule has 1 aliphatic rings. The van der Waals surface area contributed by atoms with Crippen molar-refractivity contribution in [2.75, 3.05) is 18.9 Å². The first kappa shape index (κ1) is 10.9. The van der Waals surface area contributed by atoms with E-state index in [1.54, 1.807) is 0 Å². The average molecular weight is 208 g/mol. The van der Waals surface area contributed by atoms with Gasteiger partial charge in [-0.15, -0.1) is 0 Å². The highest BCUT2D eigenvalue weighted by Crippen LogP contribution is 2.11. The molecule has 6 heteroatoms. The fourth-order valence-corrected chi connectivity index (χ4v) is 1.79. The average Bonchev–Trinajstić information content (AvgIpc) is 2.34. The number of nitrogens with one attached hydrogen (secondary N) is 1. The molecule has 0 aromatic carbocycles. The largest absolute Gasteiger partial charge is 0.377 e. The van der Waals surface area contributed by atoms with Crippen molar-refractivity contribution in [3.63, 3.8) is 0 Å². The smallest absolute Gasteiger partial charge is 0.210 e. The molecule has 1 fully saturated rings. The van der Waals surface area contributed by atoms with E-state index in [0.29, 0.717) is 6.54 Å². The van der Waals surface area contributed by atoms with Gasteiger partial charge in [-0.25, -0.2) is 13.6 Å². The van der Waals surface area contributed by atoms with E-state index in [2.05, 4.69) is 5.32 Å². The second kappa shape index (κ2) is 4.36. The molecule has 0 radical (unpaired) electrons. The first-order chi connectivity index (χ1) is 5.99. The lowest BCUT2D eigenvalue weighted by atomic mass is 10.2. The lowest BCUT2D eigenvalue weighted by Crippen LogP contribution is -2.38. The van der Waals surface area contributed by atoms with Crippen molar-refractivity contribution in [2.45, 2.75) is 25.5 Å². The van der Waals surface area contributed by atoms with Crippen LogP contribution in [0.3, 0.4) is 0 Å². The molecule has 1 aliphatic heterocycles. The first-order valence-electron chi connectivity index (χ1n) is 4.34. The van der Waals surface area contributed by atoms with Crippen LogP contribution >= 0.6 is 0 Å². The van der Waals surface area contributed by atoms with E-state index in [-0.39, 0.29) is 17.9 Å². The number of rotatable bonds is 4. The topological polar surface area (TPSA) is 81.4 Å². The SMILES string of the molecule is CC1OCCC1NCCS(N)(=O)=O. The van der Waals surface area contributed by atoms with Gasteiger partial charge in [0.05, 0.1) is 11.9 Å². The van der Waals surface area contributed by atoms with Crippen LogP contribution in [-0.4, -0.2) is 39.5 Å². The summed E-state index contributed by atoms with van der Waals surface area (Å²) in [7, 11) is -3.34. The van der Waals surface area contributed by atoms with Crippen molar-refractivity contribution in [1.29, 1.82) is 0 Å². The van der Waals surface area contributed by atoms with E-state index in [1.165, 1.54) is 0 Å². The lowest BCUT2D eigenvalue weighted by Gasteiger charge is -2.15. The van der Waals surface area contributed by atoms with E-state index < -0.39 is 10.0 Å². The van der Waals surface area contributed by atoms with E-state index >= 15 is 0 Å². The van der Waals surface area contributed by atoms with Crippen molar-refractivity contribution in [3.8, 4) is 0 Å². The van der Waals surface area contributed by atoms with Crippen LogP contribution in [0.15, 0.2) is 0 Å². The minimum absolute atomic E-state index is 0.0176. The van der Waals surface area contributed by atoms with E-state index in [4.69, 9.17) is 9.88 Å². The molecule has 0 saturated carbocycles. The van der Waals surface area contributed by atoms with Gasteiger partial charge in [0, 0.05) is 19.2 Å². The zero-order valence-corrected chi connectivity index (χ0v) is 8.51. The number of hydrogen-bond donors (Lipinski definition) is 2. The Hall–Kier alpha value is -0.170. The standard InChI is InChI=1S/C7H16N2O3S/c1-6-7(2-4-12-6)9-3-5-13(8,10)11/h6-7,9H,2-5H2,1H3,(H2,8,10,11). The molecule has 0 amide bonds. The molecule has 0 aliphatic carbocycles. The molecule has 5 nitrogen and oxygen atoms in total. The lowest BCUT2D eigenvalue weighted by molar-refractivity contribution is 0.113. The predicted molar refractivity (Wildman–Crippen MR) is 49.8 cm³/mol. The Labute approximate surface area is 78.7 Å². The van der Waals surface area contributed by atoms with Crippen molar-refractivity contribution < 1.29 is 13.2 Å². The van der Waals surface area contributed by atoms with Gasteiger partial charge in [0.1, 0.15) is 0 Å². The molecule has 3 N–H and O–H groups in total. The maximum Gasteiger partial charge on any atom is 0.210 e. The van der Waals surface area contributed by atoms with Crippen LogP contribution < -0.4 is 10.5 Å². The van der Waals surface area contributed by atoms with E-state index in [9.17, 15) is 8.42 Å². The fourth-order valence-electron chi connectivity index (χ4n) is 1.39. The van der Waals surface area contributed by atoms with Gasteiger partial charge in [-0.1, -0.05) is 0 Å². The summed E-state index contributed by atoms with van der Waals surface area (Å²) >= 11 is 0. The molecule has 78 valence electrons. The molecule has 13 heavy (non-hydrogen) atoms. The molecular formula is C7H16N2O3S. The summed E-state index contributed by atoms with van der Waals surface area (Å²) in [6, 6.07) is 0.266. The Morgan fingerprint density at radius 1 is 1.62 bits per heavy atom. The van der Waals surface area contributed by atoms with Crippen LogP contribution in [0.1, 0.15) is 13.3 Å². The van der Waals surface area contributed by atoms with Crippen molar-refractivity contribution in [2.24, 2.45) is 5.14 Å². The van der Waals surface area contributed by atoms with Crippen LogP contribution in [0.5, 0.6) is 0 Å². The summed E-state index contributed by atoms with van der Waals surface area (Å²) in [6.07, 6.45) is 1.10. The summed E-state index contributed by atoms with van der Waals surface area (Å²) in [4.78, 5) is 0. The highest BCUT2D eigenvalue weighted by molar-refractivity contribution is 7.89. The Kier molecular flexibility index (Phi) is 3.66. The third-order valence-electron chi connectivity index (χ3n) is 2.17. The van der Waals surface area contributed by atoms with Crippen LogP contribution in [0.25, 0.3) is 0 Å². The molecule has 0 spiro atoms. The van der Waals surface area contributed by atoms with Crippen LogP contribution in [0.4, 0.5) is 0 Å². The van der Waals surface area contributed by atoms with Crippen LogP contribution in [0, 0.1) is 0 Å². The Morgan fingerprint density at radius 2 is 2.31 bits per heavy atom. The number of hydrogen-bond acceptors (Lipinski definition) is 4. The van der Waals surface area contributed by atoms with Crippen LogP contribution in [-0.2, 0) is 14.8 Å². The maximum absolute atomic E-state index is 10.6. The van der Waals surface area contributed by atoms with Gasteiger partial charge in [0.25, 0.3) is 0 Å². The molecule has 0 aromatic heterocycles. The Morgan fingerprint density at radius 3 is 2.77 bits per heavy atom. The number of ether oxygens (including phenoxy) is 1. The third kappa shape index (κ3) is 4.04. The molecule has 1 rings (SSSR count). The Bertz CT molecular complexity index is 252. The molecular weight excluding hydrogens is 192 g/mol. The van der Waals surface area contributed by atoms with Gasteiger partial charge in [-0.2, -0.15) is 0 Å². The van der Waals surface area contributed by atoms with Gasteiger partial charge >= 0.3 is 0 Å². The van der Waals surface area contributed by atoms with E-state index in [0.717, 1.165) is 13.0 Å². The van der Waals surface area contributed by atoms with Crippen molar-refractivity contribution >= 4 is 10.0 Å². The van der Waals surface area contributed by atoms with Gasteiger partial charge in [0.15, 0.2) is 0 Å². The summed E-state index contributed by atoms with van der Waals surface area (Å²) in [5.41, 5.74) is 0. The summed E-state index contributed by atoms with van der Waals surface area (Å²) in [5.74, 6) is -0.0176. The molecule has 0 aromatic rings. The third-order valence-corrected chi connectivity index (χ3v) is 2.94. The molecule has 2 atom stereocenters. The molecule has 1 heterocycles. The molecule has 0 bridgehead atoms. The zero-order valence-electron chi connectivity index (χ0n) is 7.69. The summed E-state index contributed by atoms with van der Waals surface area (Å²) in [6.45, 7) is 3.12. The fraction of sp³-hybridized carbons (Fsp3) is 1.00. The summed E-state index contributed by atoms with van der Waals surface area (Å²) in [5, 5.41) is 7.96. The monoisotopic (exact) mass is 208 g/mol. The highest BCUT2D eigenvalue weighted by Gasteiger charge is 2.23. The van der Waals surface area contributed by atoms with Gasteiger partial charge in [-0.3, -0.25) is 0 Å². The van der Waals surface area contributed by atoms with Crippen molar-refractivity contribution in [3.05, 3.63) is 0 Å². The van der Waals surface area contributed by atoms with Crippen LogP contribution in [0.2, 0.25) is 0 Å². The quantitative estimate of drug-likeness (QED) is 0.623. The van der Waals surface area contributed by atoms with Gasteiger partial charge in [0.2, 0.25) is 10.0 Å². The second-order valence-electron chi connectivity index (χ2n) is 3.29. The number of nitrogens with two attached hydrogens (primary N) is 1. The normalized spacial score (nSPS) is 29.4. The van der Waals surface area contributed by atoms with Gasteiger partial charge in [-0.05, 0) is 13.3 Å². The molecule has 2 unspecified atom stereocenters. The summed E-state index contributed by atoms with van der Waals surface area (Å²) < 4.78 is 26.5. The zero-order chi connectivity index (χ0) is 9.90. The maximum atomic E-state index is 10.6. The minimum Gasteiger partial charge on any atom is -0.377 e. The number of primary sulfonamides is 1.